The summed E-state index contributed by atoms with van der Waals surface area (Å²) in [5.74, 6) is -1.61. The monoisotopic (exact) mass is 444 g/mol. The second-order valence-corrected chi connectivity index (χ2v) is 9.79. The number of hydrogen-bond donors (Lipinski definition) is 3. The molecule has 2 aromatic rings. The van der Waals surface area contributed by atoms with Crippen LogP contribution in [0.15, 0.2) is 47.4 Å². The smallest absolute Gasteiger partial charge is 0.243 e. The molecular formula is C21H26N5O4S. The average molecular weight is 445 g/mol. The number of sulfonamides is 1. The van der Waals surface area contributed by atoms with Gasteiger partial charge in [0, 0.05) is 26.1 Å². The summed E-state index contributed by atoms with van der Waals surface area (Å²) in [4.78, 5) is 25.8. The van der Waals surface area contributed by atoms with Crippen molar-refractivity contribution in [3.63, 3.8) is 0 Å². The Labute approximate surface area is 181 Å². The third-order valence-electron chi connectivity index (χ3n) is 6.00. The number of amides is 1. The van der Waals surface area contributed by atoms with Crippen molar-refractivity contribution in [1.82, 2.24) is 9.21 Å². The molecule has 0 spiro atoms. The predicted molar refractivity (Wildman–Crippen MR) is 117 cm³/mol. The largest absolute Gasteiger partial charge is 0.370 e. The first-order chi connectivity index (χ1) is 14.6. The quantitative estimate of drug-likeness (QED) is 0.424. The molecule has 1 saturated heterocycles. The van der Waals surface area contributed by atoms with Crippen LogP contribution in [0.4, 0.5) is 0 Å². The molecule has 1 heterocycles. The van der Waals surface area contributed by atoms with Crippen molar-refractivity contribution < 1.29 is 18.0 Å². The van der Waals surface area contributed by atoms with Crippen LogP contribution in [0.1, 0.15) is 19.3 Å². The van der Waals surface area contributed by atoms with Gasteiger partial charge in [-0.15, -0.1) is 0 Å². The normalized spacial score (nSPS) is 19.2. The van der Waals surface area contributed by atoms with E-state index in [1.54, 1.807) is 23.1 Å². The third-order valence-corrected chi connectivity index (χ3v) is 7.90. The van der Waals surface area contributed by atoms with Crippen LogP contribution in [0.3, 0.4) is 0 Å². The number of piperidine rings is 1. The zero-order valence-corrected chi connectivity index (χ0v) is 18.1. The van der Waals surface area contributed by atoms with Crippen LogP contribution in [0, 0.1) is 11.3 Å². The number of nitrogens with zero attached hydrogens (tertiary/aromatic N) is 2. The standard InChI is InChI=1S/C21H26N5O4S/c1-25(31(29,30)18-9-8-15-5-2-3-6-16(15)11-18)21(14-27,12-19(22)28)17-7-4-10-26(13-17)20(23)24/h2-3,5-6,8-9,11,17H,4,7,10,12-13H2,1H3,(H2,22,28)(H3,23,24)/t17-,21-/m0/s1. The van der Waals surface area contributed by atoms with E-state index in [9.17, 15) is 18.0 Å². The minimum atomic E-state index is -4.17. The van der Waals surface area contributed by atoms with Gasteiger partial charge < -0.3 is 16.4 Å². The molecule has 5 N–H and O–H groups in total. The molecule has 1 aliphatic rings. The van der Waals surface area contributed by atoms with Gasteiger partial charge >= 0.3 is 0 Å². The second-order valence-electron chi connectivity index (χ2n) is 7.82. The fourth-order valence-electron chi connectivity index (χ4n) is 4.25. The molecule has 0 bridgehead atoms. The topological polar surface area (TPSA) is 151 Å². The number of likely N-dealkylation sites (N-methyl/N-ethyl adjacent to an activating group) is 1. The Morgan fingerprint density at radius 1 is 1.26 bits per heavy atom. The maximum atomic E-state index is 13.5. The molecule has 3 rings (SSSR count). The molecule has 1 fully saturated rings. The highest BCUT2D eigenvalue weighted by Crippen LogP contribution is 2.36. The molecular weight excluding hydrogens is 418 g/mol. The van der Waals surface area contributed by atoms with E-state index >= 15 is 0 Å². The van der Waals surface area contributed by atoms with Crippen molar-refractivity contribution in [3.05, 3.63) is 42.5 Å². The molecule has 31 heavy (non-hydrogen) atoms. The first-order valence-electron chi connectivity index (χ1n) is 9.86. The summed E-state index contributed by atoms with van der Waals surface area (Å²) in [6.45, 7) is 0.661. The van der Waals surface area contributed by atoms with Gasteiger partial charge in [-0.25, -0.2) is 8.42 Å². The first kappa shape index (κ1) is 22.7. The van der Waals surface area contributed by atoms with Crippen LogP contribution < -0.4 is 11.5 Å². The van der Waals surface area contributed by atoms with E-state index in [1.165, 1.54) is 19.2 Å². The van der Waals surface area contributed by atoms with E-state index < -0.39 is 33.8 Å². The number of nitrogens with two attached hydrogens (primary N) is 2. The molecule has 1 amide bonds. The number of guanidine groups is 1. The Morgan fingerprint density at radius 2 is 1.94 bits per heavy atom. The summed E-state index contributed by atoms with van der Waals surface area (Å²) in [5, 5.41) is 9.31. The Hall–Kier alpha value is -2.98. The molecule has 2 atom stereocenters. The van der Waals surface area contributed by atoms with E-state index in [1.807, 2.05) is 18.4 Å². The third kappa shape index (κ3) is 4.26. The fourth-order valence-corrected chi connectivity index (χ4v) is 5.76. The van der Waals surface area contributed by atoms with Crippen LogP contribution in [-0.2, 0) is 19.6 Å². The molecule has 165 valence electrons. The predicted octanol–water partition coefficient (Wildman–Crippen LogP) is 0.790. The van der Waals surface area contributed by atoms with Crippen molar-refractivity contribution >= 4 is 38.9 Å². The molecule has 1 aliphatic heterocycles. The lowest BCUT2D eigenvalue weighted by Crippen LogP contribution is -2.61. The number of rotatable bonds is 7. The van der Waals surface area contributed by atoms with Crippen molar-refractivity contribution in [2.24, 2.45) is 17.4 Å². The van der Waals surface area contributed by atoms with Crippen molar-refractivity contribution in [2.75, 3.05) is 20.1 Å². The average Bonchev–Trinajstić information content (AvgIpc) is 2.76. The van der Waals surface area contributed by atoms with Crippen molar-refractivity contribution in [2.45, 2.75) is 29.7 Å². The van der Waals surface area contributed by atoms with E-state index in [0.717, 1.165) is 15.1 Å². The lowest BCUT2D eigenvalue weighted by molar-refractivity contribution is -0.120. The number of benzene rings is 2. The number of nitrogens with one attached hydrogen (secondary N) is 1. The summed E-state index contributed by atoms with van der Waals surface area (Å²) in [6.07, 6.45) is 2.37. The number of carbonyl (C=O) groups excluding carboxylic acids is 2. The number of carbonyl (C=O) groups is 1. The van der Waals surface area contributed by atoms with Crippen molar-refractivity contribution in [3.8, 4) is 0 Å². The second kappa shape index (κ2) is 8.64. The summed E-state index contributed by atoms with van der Waals surface area (Å²) < 4.78 is 28.0. The van der Waals surface area contributed by atoms with Gasteiger partial charge in [-0.3, -0.25) is 15.0 Å². The Morgan fingerprint density at radius 3 is 2.55 bits per heavy atom. The van der Waals surface area contributed by atoms with Crippen LogP contribution in [0.5, 0.6) is 0 Å². The minimum absolute atomic E-state index is 0.00275. The van der Waals surface area contributed by atoms with Gasteiger partial charge in [-0.2, -0.15) is 4.31 Å². The van der Waals surface area contributed by atoms with Gasteiger partial charge in [0.25, 0.3) is 0 Å². The highest BCUT2D eigenvalue weighted by molar-refractivity contribution is 7.89. The van der Waals surface area contributed by atoms with Gasteiger partial charge in [0.2, 0.25) is 22.2 Å². The Kier molecular flexibility index (Phi) is 6.33. The zero-order chi connectivity index (χ0) is 22.8. The van der Waals surface area contributed by atoms with E-state index in [4.69, 9.17) is 16.9 Å². The molecule has 10 heteroatoms. The van der Waals surface area contributed by atoms with E-state index in [-0.39, 0.29) is 17.4 Å². The maximum absolute atomic E-state index is 13.5. The van der Waals surface area contributed by atoms with Gasteiger partial charge in [0.1, 0.15) is 5.54 Å². The summed E-state index contributed by atoms with van der Waals surface area (Å²) in [6, 6.07) is 12.0. The summed E-state index contributed by atoms with van der Waals surface area (Å²) in [7, 11) is -2.90. The lowest BCUT2D eigenvalue weighted by atomic mass is 9.77. The summed E-state index contributed by atoms with van der Waals surface area (Å²) in [5.41, 5.74) is 9.22. The maximum Gasteiger partial charge on any atom is 0.243 e. The molecule has 0 unspecified atom stereocenters. The number of hydrogen-bond acceptors (Lipinski definition) is 5. The van der Waals surface area contributed by atoms with Crippen LogP contribution in [0.25, 0.3) is 10.8 Å². The number of fused-ring (bicyclic) bond motifs is 1. The van der Waals surface area contributed by atoms with Crippen LogP contribution in [-0.4, -0.2) is 61.5 Å². The number of likely N-dealkylation sites (tertiary alicyclic amines) is 1. The van der Waals surface area contributed by atoms with Gasteiger partial charge in [0.15, 0.2) is 5.96 Å². The molecule has 0 saturated carbocycles. The van der Waals surface area contributed by atoms with Gasteiger partial charge in [0.05, 0.1) is 11.3 Å². The molecule has 1 radical (unpaired) electrons. The zero-order valence-electron chi connectivity index (χ0n) is 17.2. The molecule has 0 aliphatic carbocycles. The molecule has 2 aromatic carbocycles. The van der Waals surface area contributed by atoms with E-state index in [0.29, 0.717) is 19.4 Å². The number of primary amides is 1. The van der Waals surface area contributed by atoms with Gasteiger partial charge in [-0.05, 0) is 35.7 Å². The van der Waals surface area contributed by atoms with Crippen molar-refractivity contribution in [1.29, 1.82) is 5.41 Å². The summed E-state index contributed by atoms with van der Waals surface area (Å²) >= 11 is 0. The molecule has 9 nitrogen and oxygen atoms in total. The first-order valence-corrected chi connectivity index (χ1v) is 11.3. The Bertz CT molecular complexity index is 1120. The SMILES string of the molecule is CN([C@]([C]=O)(CC(N)=O)[C@H]1CCCN(C(=N)N)C1)S(=O)(=O)c1ccc2ccccc2c1. The fraction of sp³-hybridized carbons (Fsp3) is 0.381. The highest BCUT2D eigenvalue weighted by atomic mass is 32.2. The van der Waals surface area contributed by atoms with Gasteiger partial charge in [-0.1, -0.05) is 30.3 Å². The minimum Gasteiger partial charge on any atom is -0.370 e. The van der Waals surface area contributed by atoms with E-state index in [2.05, 4.69) is 0 Å². The lowest BCUT2D eigenvalue weighted by Gasteiger charge is -2.45. The Balaban J connectivity index is 2.07. The highest BCUT2D eigenvalue weighted by Gasteiger charge is 2.50. The molecule has 0 aromatic heterocycles. The van der Waals surface area contributed by atoms with Crippen LogP contribution >= 0.6 is 0 Å². The van der Waals surface area contributed by atoms with Crippen LogP contribution in [0.2, 0.25) is 0 Å².